The van der Waals surface area contributed by atoms with Crippen molar-refractivity contribution in [1.82, 2.24) is 4.90 Å². The van der Waals surface area contributed by atoms with Crippen molar-refractivity contribution in [2.24, 2.45) is 5.92 Å². The second-order valence-electron chi connectivity index (χ2n) is 5.23. The van der Waals surface area contributed by atoms with E-state index in [4.69, 9.17) is 0 Å². The molecule has 1 aromatic rings. The molecular weight excluding hydrogens is 226 g/mol. The zero-order valence-corrected chi connectivity index (χ0v) is 12.2. The van der Waals surface area contributed by atoms with Crippen LogP contribution in [0.15, 0.2) is 24.3 Å². The Hall–Kier alpha value is -0.470. The van der Waals surface area contributed by atoms with E-state index in [-0.39, 0.29) is 0 Å². The first kappa shape index (κ1) is 14.6. The van der Waals surface area contributed by atoms with Gasteiger partial charge >= 0.3 is 0 Å². The number of thiol groups is 1. The largest absolute Gasteiger partial charge is 0.302 e. The molecular formula is C15H25NS. The third kappa shape index (κ3) is 6.13. The Morgan fingerprint density at radius 1 is 1.12 bits per heavy atom. The molecule has 0 N–H and O–H groups in total. The molecule has 0 fully saturated rings. The molecule has 0 bridgehead atoms. The molecule has 0 aliphatic carbocycles. The van der Waals surface area contributed by atoms with Crippen LogP contribution in [0, 0.1) is 5.92 Å². The lowest BCUT2D eigenvalue weighted by molar-refractivity contribution is 0.328. The highest BCUT2D eigenvalue weighted by Gasteiger charge is 2.01. The molecule has 2 heteroatoms. The van der Waals surface area contributed by atoms with Crippen molar-refractivity contribution in [1.29, 1.82) is 0 Å². The molecule has 1 aromatic carbocycles. The molecule has 0 atom stereocenters. The van der Waals surface area contributed by atoms with Gasteiger partial charge in [-0.15, -0.1) is 0 Å². The third-order valence-corrected chi connectivity index (χ3v) is 3.13. The highest BCUT2D eigenvalue weighted by Crippen LogP contribution is 2.11. The van der Waals surface area contributed by atoms with E-state index in [1.165, 1.54) is 17.5 Å². The van der Waals surface area contributed by atoms with Gasteiger partial charge in [0.05, 0.1) is 0 Å². The predicted octanol–water partition coefficient (Wildman–Crippen LogP) is 3.64. The van der Waals surface area contributed by atoms with E-state index < -0.39 is 0 Å². The van der Waals surface area contributed by atoms with Gasteiger partial charge in [0, 0.05) is 6.54 Å². The molecule has 0 saturated carbocycles. The Bertz CT molecular complexity index is 305. The Balaban J connectivity index is 2.44. The summed E-state index contributed by atoms with van der Waals surface area (Å²) >= 11 is 4.24. The molecule has 0 amide bonds. The van der Waals surface area contributed by atoms with Crippen molar-refractivity contribution < 1.29 is 0 Å². The predicted molar refractivity (Wildman–Crippen MR) is 79.8 cm³/mol. The highest BCUT2D eigenvalue weighted by molar-refractivity contribution is 7.80. The summed E-state index contributed by atoms with van der Waals surface area (Å²) in [4.78, 5) is 2.35. The summed E-state index contributed by atoms with van der Waals surface area (Å²) in [5.74, 6) is 1.71. The quantitative estimate of drug-likeness (QED) is 0.724. The molecule has 1 rings (SSSR count). The van der Waals surface area contributed by atoms with Crippen LogP contribution in [0.3, 0.4) is 0 Å². The topological polar surface area (TPSA) is 3.24 Å². The average Bonchev–Trinajstić information content (AvgIpc) is 2.28. The van der Waals surface area contributed by atoms with Gasteiger partial charge in [0.25, 0.3) is 0 Å². The minimum absolute atomic E-state index is 0.735. The Morgan fingerprint density at radius 3 is 2.24 bits per heavy atom. The Kier molecular flexibility index (Phi) is 6.68. The van der Waals surface area contributed by atoms with Crippen molar-refractivity contribution in [3.05, 3.63) is 35.4 Å². The van der Waals surface area contributed by atoms with Crippen molar-refractivity contribution in [3.63, 3.8) is 0 Å². The monoisotopic (exact) mass is 251 g/mol. The fraction of sp³-hybridized carbons (Fsp3) is 0.600. The summed E-state index contributed by atoms with van der Waals surface area (Å²) in [6.07, 6.45) is 2.33. The zero-order chi connectivity index (χ0) is 12.7. The van der Waals surface area contributed by atoms with Gasteiger partial charge < -0.3 is 4.90 Å². The maximum absolute atomic E-state index is 4.24. The third-order valence-electron chi connectivity index (χ3n) is 2.82. The van der Waals surface area contributed by atoms with Gasteiger partial charge in [-0.1, -0.05) is 38.1 Å². The highest BCUT2D eigenvalue weighted by atomic mass is 32.1. The first-order chi connectivity index (χ1) is 8.11. The van der Waals surface area contributed by atoms with E-state index >= 15 is 0 Å². The molecule has 96 valence electrons. The first-order valence-electron chi connectivity index (χ1n) is 6.49. The molecule has 0 aliphatic heterocycles. The second kappa shape index (κ2) is 7.78. The summed E-state index contributed by atoms with van der Waals surface area (Å²) in [6.45, 7) is 6.69. The molecule has 0 heterocycles. The van der Waals surface area contributed by atoms with Crippen molar-refractivity contribution in [2.45, 2.75) is 33.2 Å². The van der Waals surface area contributed by atoms with Gasteiger partial charge in [-0.05, 0) is 49.2 Å². The summed E-state index contributed by atoms with van der Waals surface area (Å²) in [5, 5.41) is 0. The molecule has 17 heavy (non-hydrogen) atoms. The van der Waals surface area contributed by atoms with E-state index in [2.05, 4.69) is 62.7 Å². The molecule has 0 aliphatic rings. The van der Waals surface area contributed by atoms with Crippen LogP contribution < -0.4 is 0 Å². The number of benzene rings is 1. The van der Waals surface area contributed by atoms with Crippen LogP contribution in [-0.4, -0.2) is 24.2 Å². The standard InChI is InChI=1S/C15H25NS/c1-13(2)11-14-5-7-15(8-6-14)12-16(3)9-4-10-17/h5-8,13,17H,4,9-12H2,1-3H3. The fourth-order valence-corrected chi connectivity index (χ4v) is 2.12. The van der Waals surface area contributed by atoms with Crippen molar-refractivity contribution in [3.8, 4) is 0 Å². The summed E-state index contributed by atoms with van der Waals surface area (Å²) in [7, 11) is 2.17. The van der Waals surface area contributed by atoms with Crippen LogP contribution in [0.25, 0.3) is 0 Å². The summed E-state index contributed by atoms with van der Waals surface area (Å²) in [6, 6.07) is 9.05. The van der Waals surface area contributed by atoms with Crippen LogP contribution in [0.5, 0.6) is 0 Å². The normalized spacial score (nSPS) is 11.4. The van der Waals surface area contributed by atoms with Gasteiger partial charge in [0.15, 0.2) is 0 Å². The number of hydrogen-bond donors (Lipinski definition) is 1. The Morgan fingerprint density at radius 2 is 1.71 bits per heavy atom. The minimum atomic E-state index is 0.735. The minimum Gasteiger partial charge on any atom is -0.302 e. The Labute approximate surface area is 112 Å². The van der Waals surface area contributed by atoms with E-state index in [9.17, 15) is 0 Å². The lowest BCUT2D eigenvalue weighted by atomic mass is 10.0. The number of rotatable bonds is 7. The molecule has 0 unspecified atom stereocenters. The number of nitrogens with zero attached hydrogens (tertiary/aromatic N) is 1. The summed E-state index contributed by atoms with van der Waals surface area (Å²) < 4.78 is 0. The van der Waals surface area contributed by atoms with Crippen molar-refractivity contribution in [2.75, 3.05) is 19.3 Å². The van der Waals surface area contributed by atoms with E-state index in [0.29, 0.717) is 0 Å². The zero-order valence-electron chi connectivity index (χ0n) is 11.3. The molecule has 0 radical (unpaired) electrons. The lowest BCUT2D eigenvalue weighted by Crippen LogP contribution is -2.19. The fourth-order valence-electron chi connectivity index (χ4n) is 1.98. The van der Waals surface area contributed by atoms with E-state index in [0.717, 1.165) is 31.2 Å². The second-order valence-corrected chi connectivity index (χ2v) is 5.68. The van der Waals surface area contributed by atoms with Gasteiger partial charge in [0.2, 0.25) is 0 Å². The van der Waals surface area contributed by atoms with Crippen LogP contribution in [0.2, 0.25) is 0 Å². The molecule has 1 nitrogen and oxygen atoms in total. The lowest BCUT2D eigenvalue weighted by Gasteiger charge is -2.16. The average molecular weight is 251 g/mol. The van der Waals surface area contributed by atoms with Gasteiger partial charge in [-0.3, -0.25) is 0 Å². The summed E-state index contributed by atoms with van der Waals surface area (Å²) in [5.41, 5.74) is 2.85. The molecule has 0 saturated heterocycles. The van der Waals surface area contributed by atoms with Crippen LogP contribution in [0.4, 0.5) is 0 Å². The van der Waals surface area contributed by atoms with Gasteiger partial charge in [0.1, 0.15) is 0 Å². The maximum atomic E-state index is 4.24. The number of hydrogen-bond acceptors (Lipinski definition) is 2. The van der Waals surface area contributed by atoms with Crippen LogP contribution in [-0.2, 0) is 13.0 Å². The van der Waals surface area contributed by atoms with Crippen molar-refractivity contribution >= 4 is 12.6 Å². The smallest absolute Gasteiger partial charge is 0.0230 e. The van der Waals surface area contributed by atoms with Crippen LogP contribution in [0.1, 0.15) is 31.4 Å². The molecule has 0 aromatic heterocycles. The molecule has 0 spiro atoms. The van der Waals surface area contributed by atoms with Crippen LogP contribution >= 0.6 is 12.6 Å². The first-order valence-corrected chi connectivity index (χ1v) is 7.12. The maximum Gasteiger partial charge on any atom is 0.0230 e. The van der Waals surface area contributed by atoms with Gasteiger partial charge in [-0.25, -0.2) is 0 Å². The van der Waals surface area contributed by atoms with E-state index in [1.807, 2.05) is 0 Å². The SMILES string of the molecule is CC(C)Cc1ccc(CN(C)CCCS)cc1. The van der Waals surface area contributed by atoms with Gasteiger partial charge in [-0.2, -0.15) is 12.6 Å². The van der Waals surface area contributed by atoms with E-state index in [1.54, 1.807) is 0 Å².